The van der Waals surface area contributed by atoms with Gasteiger partial charge in [0.2, 0.25) is 0 Å². The molecule has 0 saturated carbocycles. The summed E-state index contributed by atoms with van der Waals surface area (Å²) in [6.07, 6.45) is -4.44. The fourth-order valence-electron chi connectivity index (χ4n) is 2.61. The van der Waals surface area contributed by atoms with Crippen LogP contribution < -0.4 is 0 Å². The Morgan fingerprint density at radius 2 is 1.88 bits per heavy atom. The summed E-state index contributed by atoms with van der Waals surface area (Å²) in [5.74, 6) is -0.566. The van der Waals surface area contributed by atoms with Crippen molar-refractivity contribution < 1.29 is 22.4 Å². The van der Waals surface area contributed by atoms with Crippen molar-refractivity contribution in [3.05, 3.63) is 71.0 Å². The van der Waals surface area contributed by atoms with Gasteiger partial charge in [-0.1, -0.05) is 24.3 Å². The van der Waals surface area contributed by atoms with E-state index < -0.39 is 28.8 Å². The number of nitrogens with zero attached hydrogens (tertiary/aromatic N) is 1. The second-order valence-corrected chi connectivity index (χ2v) is 6.51. The first-order valence-electron chi connectivity index (χ1n) is 7.22. The van der Waals surface area contributed by atoms with Gasteiger partial charge in [-0.05, 0) is 29.8 Å². The standard InChI is InChI=1S/C17H13F4NOS/c18-14-7-2-1-6-13(14)15(23)22-8-9-24-16(22)11-4-3-5-12(10-11)17(19,20)21/h1-7,10,16H,8-9H2/t16-/m0/s1. The highest BCUT2D eigenvalue weighted by Crippen LogP contribution is 2.40. The lowest BCUT2D eigenvalue weighted by Gasteiger charge is -2.25. The van der Waals surface area contributed by atoms with E-state index in [0.717, 1.165) is 12.1 Å². The summed E-state index contributed by atoms with van der Waals surface area (Å²) >= 11 is 1.37. The Hall–Kier alpha value is -2.02. The first-order valence-corrected chi connectivity index (χ1v) is 8.27. The lowest BCUT2D eigenvalue weighted by molar-refractivity contribution is -0.137. The molecule has 1 saturated heterocycles. The maximum Gasteiger partial charge on any atom is 0.416 e. The molecule has 24 heavy (non-hydrogen) atoms. The van der Waals surface area contributed by atoms with Gasteiger partial charge in [-0.25, -0.2) is 4.39 Å². The smallest absolute Gasteiger partial charge is 0.322 e. The quantitative estimate of drug-likeness (QED) is 0.726. The summed E-state index contributed by atoms with van der Waals surface area (Å²) in [7, 11) is 0. The summed E-state index contributed by atoms with van der Waals surface area (Å²) in [6.45, 7) is 0.360. The van der Waals surface area contributed by atoms with Crippen LogP contribution in [-0.4, -0.2) is 23.1 Å². The lowest BCUT2D eigenvalue weighted by Crippen LogP contribution is -2.31. The maximum atomic E-state index is 13.8. The number of benzene rings is 2. The van der Waals surface area contributed by atoms with Crippen LogP contribution in [0.25, 0.3) is 0 Å². The first kappa shape index (κ1) is 16.8. The van der Waals surface area contributed by atoms with Crippen molar-refractivity contribution in [3.8, 4) is 0 Å². The van der Waals surface area contributed by atoms with Crippen LogP contribution in [0.3, 0.4) is 0 Å². The molecule has 1 heterocycles. The Balaban J connectivity index is 1.92. The van der Waals surface area contributed by atoms with E-state index >= 15 is 0 Å². The SMILES string of the molecule is O=C(c1ccccc1F)N1CCS[C@H]1c1cccc(C(F)(F)F)c1. The summed E-state index contributed by atoms with van der Waals surface area (Å²) in [6, 6.07) is 10.5. The Bertz CT molecular complexity index is 762. The predicted octanol–water partition coefficient (Wildman–Crippen LogP) is 4.73. The van der Waals surface area contributed by atoms with Crippen molar-refractivity contribution in [1.29, 1.82) is 0 Å². The zero-order valence-electron chi connectivity index (χ0n) is 12.4. The van der Waals surface area contributed by atoms with Crippen LogP contribution in [-0.2, 0) is 6.18 Å². The van der Waals surface area contributed by atoms with Gasteiger partial charge in [0.15, 0.2) is 0 Å². The molecule has 0 unspecified atom stereocenters. The molecule has 0 aliphatic carbocycles. The molecule has 2 aromatic carbocycles. The zero-order valence-corrected chi connectivity index (χ0v) is 13.2. The number of thioether (sulfide) groups is 1. The second-order valence-electron chi connectivity index (χ2n) is 5.32. The molecule has 0 N–H and O–H groups in total. The number of amides is 1. The number of hydrogen-bond donors (Lipinski definition) is 0. The number of carbonyl (C=O) groups is 1. The molecule has 2 nitrogen and oxygen atoms in total. The normalized spacial score (nSPS) is 18.0. The van der Waals surface area contributed by atoms with Crippen LogP contribution >= 0.6 is 11.8 Å². The highest BCUT2D eigenvalue weighted by atomic mass is 32.2. The molecule has 7 heteroatoms. The number of halogens is 4. The van der Waals surface area contributed by atoms with Gasteiger partial charge in [0.25, 0.3) is 5.91 Å². The third kappa shape index (κ3) is 3.26. The summed E-state index contributed by atoms with van der Waals surface area (Å²) in [5.41, 5.74) is -0.445. The third-order valence-corrected chi connectivity index (χ3v) is 5.02. The second kappa shape index (κ2) is 6.47. The average molecular weight is 355 g/mol. The first-order chi connectivity index (χ1) is 11.4. The van der Waals surface area contributed by atoms with Crippen LogP contribution in [0.2, 0.25) is 0 Å². The van der Waals surface area contributed by atoms with E-state index in [2.05, 4.69) is 0 Å². The Labute approximate surface area is 140 Å². The summed E-state index contributed by atoms with van der Waals surface area (Å²) < 4.78 is 52.5. The van der Waals surface area contributed by atoms with Gasteiger partial charge in [0.1, 0.15) is 11.2 Å². The molecule has 1 amide bonds. The van der Waals surface area contributed by atoms with Gasteiger partial charge in [0, 0.05) is 12.3 Å². The molecule has 2 aromatic rings. The van der Waals surface area contributed by atoms with Gasteiger partial charge in [-0.3, -0.25) is 4.79 Å². The van der Waals surface area contributed by atoms with Crippen LogP contribution in [0, 0.1) is 5.82 Å². The van der Waals surface area contributed by atoms with E-state index in [1.165, 1.54) is 40.9 Å². The Morgan fingerprint density at radius 1 is 1.12 bits per heavy atom. The molecule has 3 rings (SSSR count). The van der Waals surface area contributed by atoms with Crippen molar-refractivity contribution in [3.63, 3.8) is 0 Å². The van der Waals surface area contributed by atoms with Gasteiger partial charge in [-0.15, -0.1) is 11.8 Å². The topological polar surface area (TPSA) is 20.3 Å². The van der Waals surface area contributed by atoms with Gasteiger partial charge in [0.05, 0.1) is 11.1 Å². The third-order valence-electron chi connectivity index (χ3n) is 3.76. The molecule has 0 radical (unpaired) electrons. The monoisotopic (exact) mass is 355 g/mol. The van der Waals surface area contributed by atoms with E-state index in [1.54, 1.807) is 12.1 Å². The lowest BCUT2D eigenvalue weighted by atomic mass is 10.1. The molecule has 0 aromatic heterocycles. The van der Waals surface area contributed by atoms with Crippen LogP contribution in [0.1, 0.15) is 26.9 Å². The van der Waals surface area contributed by atoms with E-state index in [1.807, 2.05) is 0 Å². The van der Waals surface area contributed by atoms with E-state index in [-0.39, 0.29) is 5.56 Å². The molecular weight excluding hydrogens is 342 g/mol. The predicted molar refractivity (Wildman–Crippen MR) is 84.1 cm³/mol. The fraction of sp³-hybridized carbons (Fsp3) is 0.235. The molecule has 1 aliphatic rings. The van der Waals surface area contributed by atoms with E-state index in [9.17, 15) is 22.4 Å². The summed E-state index contributed by atoms with van der Waals surface area (Å²) in [5, 5.41) is -0.556. The summed E-state index contributed by atoms with van der Waals surface area (Å²) in [4.78, 5) is 14.0. The van der Waals surface area contributed by atoms with Crippen molar-refractivity contribution in [2.75, 3.05) is 12.3 Å². The zero-order chi connectivity index (χ0) is 17.3. The molecule has 126 valence electrons. The molecule has 0 spiro atoms. The number of rotatable bonds is 2. The minimum Gasteiger partial charge on any atom is -0.322 e. The highest BCUT2D eigenvalue weighted by Gasteiger charge is 2.35. The largest absolute Gasteiger partial charge is 0.416 e. The Morgan fingerprint density at radius 3 is 2.58 bits per heavy atom. The van der Waals surface area contributed by atoms with Gasteiger partial charge >= 0.3 is 6.18 Å². The van der Waals surface area contributed by atoms with Gasteiger partial charge in [-0.2, -0.15) is 13.2 Å². The van der Waals surface area contributed by atoms with Crippen molar-refractivity contribution >= 4 is 17.7 Å². The fourth-order valence-corrected chi connectivity index (χ4v) is 3.86. The number of hydrogen-bond acceptors (Lipinski definition) is 2. The average Bonchev–Trinajstić information content (AvgIpc) is 3.03. The van der Waals surface area contributed by atoms with E-state index in [4.69, 9.17) is 0 Å². The van der Waals surface area contributed by atoms with Crippen LogP contribution in [0.5, 0.6) is 0 Å². The molecular formula is C17H13F4NOS. The maximum absolute atomic E-state index is 13.8. The van der Waals surface area contributed by atoms with Crippen molar-refractivity contribution in [2.45, 2.75) is 11.6 Å². The van der Waals surface area contributed by atoms with E-state index in [0.29, 0.717) is 17.9 Å². The minimum absolute atomic E-state index is 0.0722. The van der Waals surface area contributed by atoms with Gasteiger partial charge < -0.3 is 4.90 Å². The molecule has 1 aliphatic heterocycles. The van der Waals surface area contributed by atoms with Crippen molar-refractivity contribution in [1.82, 2.24) is 4.90 Å². The number of alkyl halides is 3. The number of carbonyl (C=O) groups excluding carboxylic acids is 1. The Kier molecular flexibility index (Phi) is 4.54. The highest BCUT2D eigenvalue weighted by molar-refractivity contribution is 7.99. The van der Waals surface area contributed by atoms with Crippen molar-refractivity contribution in [2.24, 2.45) is 0 Å². The van der Waals surface area contributed by atoms with Crippen LogP contribution in [0.15, 0.2) is 48.5 Å². The molecule has 1 fully saturated rings. The van der Waals surface area contributed by atoms with Crippen LogP contribution in [0.4, 0.5) is 17.6 Å². The molecule has 1 atom stereocenters. The molecule has 0 bridgehead atoms. The minimum atomic E-state index is -4.44.